The molecule has 5 heteroatoms. The number of carbonyl (C=O) groups excluding carboxylic acids is 1. The molecule has 0 saturated carbocycles. The molecule has 94 valence electrons. The van der Waals surface area contributed by atoms with Crippen LogP contribution in [0.1, 0.15) is 12.8 Å². The van der Waals surface area contributed by atoms with Gasteiger partial charge < -0.3 is 10.4 Å². The third kappa shape index (κ3) is 5.96. The molecule has 17 heavy (non-hydrogen) atoms. The maximum atomic E-state index is 11.5. The maximum absolute atomic E-state index is 11.5. The van der Waals surface area contributed by atoms with Crippen LogP contribution < -0.4 is 5.32 Å². The zero-order valence-electron chi connectivity index (χ0n) is 9.49. The highest BCUT2D eigenvalue weighted by molar-refractivity contribution is 8.00. The van der Waals surface area contributed by atoms with E-state index in [1.54, 1.807) is 0 Å². The first-order valence-corrected chi connectivity index (χ1v) is 6.85. The van der Waals surface area contributed by atoms with Crippen LogP contribution >= 0.6 is 23.4 Å². The van der Waals surface area contributed by atoms with E-state index in [9.17, 15) is 4.79 Å². The van der Waals surface area contributed by atoms with Crippen LogP contribution in [0.2, 0.25) is 5.02 Å². The van der Waals surface area contributed by atoms with Gasteiger partial charge in [-0.2, -0.15) is 0 Å². The monoisotopic (exact) mass is 273 g/mol. The van der Waals surface area contributed by atoms with Crippen molar-refractivity contribution in [2.75, 3.05) is 18.9 Å². The first-order chi connectivity index (χ1) is 8.24. The van der Waals surface area contributed by atoms with Gasteiger partial charge in [-0.25, -0.2) is 0 Å². The minimum atomic E-state index is -0.00661. The first kappa shape index (κ1) is 14.4. The standard InChI is InChI=1S/C12H16ClNO2S/c13-10-5-1-2-6-11(10)17-9-12(16)14-7-3-4-8-15/h1-2,5-6,15H,3-4,7-9H2,(H,14,16). The molecule has 0 spiro atoms. The van der Waals surface area contributed by atoms with Crippen LogP contribution in [-0.2, 0) is 4.79 Å². The highest BCUT2D eigenvalue weighted by Crippen LogP contribution is 2.26. The molecule has 0 bridgehead atoms. The Kier molecular flexibility index (Phi) is 7.08. The fourth-order valence-electron chi connectivity index (χ4n) is 1.22. The van der Waals surface area contributed by atoms with Crippen molar-refractivity contribution in [1.29, 1.82) is 0 Å². The van der Waals surface area contributed by atoms with Gasteiger partial charge in [-0.15, -0.1) is 11.8 Å². The minimum absolute atomic E-state index is 0.00661. The number of rotatable bonds is 7. The first-order valence-electron chi connectivity index (χ1n) is 5.49. The number of amides is 1. The van der Waals surface area contributed by atoms with Gasteiger partial charge in [0.2, 0.25) is 5.91 Å². The molecule has 0 aliphatic carbocycles. The van der Waals surface area contributed by atoms with Crippen molar-refractivity contribution in [2.45, 2.75) is 17.7 Å². The van der Waals surface area contributed by atoms with Crippen LogP contribution in [0.5, 0.6) is 0 Å². The van der Waals surface area contributed by atoms with Crippen molar-refractivity contribution < 1.29 is 9.90 Å². The van der Waals surface area contributed by atoms with E-state index in [-0.39, 0.29) is 12.5 Å². The zero-order chi connectivity index (χ0) is 12.5. The van der Waals surface area contributed by atoms with Crippen molar-refractivity contribution in [3.8, 4) is 0 Å². The number of hydrogen-bond acceptors (Lipinski definition) is 3. The zero-order valence-corrected chi connectivity index (χ0v) is 11.1. The second kappa shape index (κ2) is 8.39. The molecule has 0 aliphatic heterocycles. The number of aliphatic hydroxyl groups is 1. The van der Waals surface area contributed by atoms with Crippen molar-refractivity contribution in [1.82, 2.24) is 5.32 Å². The lowest BCUT2D eigenvalue weighted by Crippen LogP contribution is -2.26. The van der Waals surface area contributed by atoms with Crippen molar-refractivity contribution in [3.05, 3.63) is 29.3 Å². The number of unbranched alkanes of at least 4 members (excludes halogenated alkanes) is 1. The van der Waals surface area contributed by atoms with Gasteiger partial charge in [-0.3, -0.25) is 4.79 Å². The molecular weight excluding hydrogens is 258 g/mol. The molecular formula is C12H16ClNO2S. The summed E-state index contributed by atoms with van der Waals surface area (Å²) in [4.78, 5) is 12.4. The number of thioether (sulfide) groups is 1. The van der Waals surface area contributed by atoms with Gasteiger partial charge in [0.05, 0.1) is 10.8 Å². The minimum Gasteiger partial charge on any atom is -0.396 e. The molecule has 1 amide bonds. The summed E-state index contributed by atoms with van der Waals surface area (Å²) in [6, 6.07) is 7.46. The lowest BCUT2D eigenvalue weighted by atomic mass is 10.3. The van der Waals surface area contributed by atoms with E-state index < -0.39 is 0 Å². The third-order valence-electron chi connectivity index (χ3n) is 2.10. The molecule has 1 aromatic carbocycles. The van der Waals surface area contributed by atoms with E-state index in [4.69, 9.17) is 16.7 Å². The highest BCUT2D eigenvalue weighted by atomic mass is 35.5. The molecule has 0 aromatic heterocycles. The van der Waals surface area contributed by atoms with Gasteiger partial charge in [0.15, 0.2) is 0 Å². The molecule has 0 heterocycles. The molecule has 0 saturated heterocycles. The van der Waals surface area contributed by atoms with E-state index >= 15 is 0 Å². The molecule has 0 radical (unpaired) electrons. The Balaban J connectivity index is 2.22. The average molecular weight is 274 g/mol. The molecule has 2 N–H and O–H groups in total. The predicted molar refractivity (Wildman–Crippen MR) is 71.5 cm³/mol. The summed E-state index contributed by atoms with van der Waals surface area (Å²) in [5, 5.41) is 12.0. The topological polar surface area (TPSA) is 49.3 Å². The van der Waals surface area contributed by atoms with Crippen LogP contribution in [0.15, 0.2) is 29.2 Å². The summed E-state index contributed by atoms with van der Waals surface area (Å²) in [5.41, 5.74) is 0. The fourth-order valence-corrected chi connectivity index (χ4v) is 2.29. The van der Waals surface area contributed by atoms with Crippen molar-refractivity contribution in [3.63, 3.8) is 0 Å². The summed E-state index contributed by atoms with van der Waals surface area (Å²) in [6.07, 6.45) is 1.52. The SMILES string of the molecule is O=C(CSc1ccccc1Cl)NCCCCO. The molecule has 1 aromatic rings. The van der Waals surface area contributed by atoms with Crippen LogP contribution in [-0.4, -0.2) is 29.9 Å². The largest absolute Gasteiger partial charge is 0.396 e. The molecule has 1 rings (SSSR count). The number of carbonyl (C=O) groups is 1. The number of halogens is 1. The van der Waals surface area contributed by atoms with E-state index in [0.717, 1.165) is 17.7 Å². The Morgan fingerprint density at radius 2 is 2.12 bits per heavy atom. The van der Waals surface area contributed by atoms with Gasteiger partial charge >= 0.3 is 0 Å². The maximum Gasteiger partial charge on any atom is 0.230 e. The van der Waals surface area contributed by atoms with E-state index in [1.165, 1.54) is 11.8 Å². The second-order valence-electron chi connectivity index (χ2n) is 3.50. The van der Waals surface area contributed by atoms with Gasteiger partial charge in [-0.1, -0.05) is 23.7 Å². The Morgan fingerprint density at radius 3 is 2.82 bits per heavy atom. The lowest BCUT2D eigenvalue weighted by molar-refractivity contribution is -0.118. The normalized spacial score (nSPS) is 10.2. The summed E-state index contributed by atoms with van der Waals surface area (Å²) in [6.45, 7) is 0.784. The quantitative estimate of drug-likeness (QED) is 0.592. The molecule has 0 atom stereocenters. The van der Waals surface area contributed by atoms with E-state index in [1.807, 2.05) is 24.3 Å². The van der Waals surface area contributed by atoms with Gasteiger partial charge in [0, 0.05) is 18.0 Å². The van der Waals surface area contributed by atoms with Gasteiger partial charge in [0.1, 0.15) is 0 Å². The smallest absolute Gasteiger partial charge is 0.230 e. The Labute approximate surface area is 111 Å². The van der Waals surface area contributed by atoms with Crippen molar-refractivity contribution in [2.24, 2.45) is 0 Å². The number of benzene rings is 1. The van der Waals surface area contributed by atoms with Crippen LogP contribution in [0.25, 0.3) is 0 Å². The Hall–Kier alpha value is -0.710. The molecule has 0 aliphatic rings. The number of aliphatic hydroxyl groups excluding tert-OH is 1. The number of nitrogens with one attached hydrogen (secondary N) is 1. The molecule has 3 nitrogen and oxygen atoms in total. The Bertz CT molecular complexity index is 360. The van der Waals surface area contributed by atoms with E-state index in [0.29, 0.717) is 17.3 Å². The summed E-state index contributed by atoms with van der Waals surface area (Å²) >= 11 is 7.40. The van der Waals surface area contributed by atoms with Crippen LogP contribution in [0, 0.1) is 0 Å². The van der Waals surface area contributed by atoms with Crippen LogP contribution in [0.4, 0.5) is 0 Å². The third-order valence-corrected chi connectivity index (χ3v) is 3.62. The summed E-state index contributed by atoms with van der Waals surface area (Å²) in [5.74, 6) is 0.357. The van der Waals surface area contributed by atoms with Crippen LogP contribution in [0.3, 0.4) is 0 Å². The molecule has 0 unspecified atom stereocenters. The highest BCUT2D eigenvalue weighted by Gasteiger charge is 2.04. The fraction of sp³-hybridized carbons (Fsp3) is 0.417. The second-order valence-corrected chi connectivity index (χ2v) is 4.92. The Morgan fingerprint density at radius 1 is 1.35 bits per heavy atom. The van der Waals surface area contributed by atoms with Crippen molar-refractivity contribution >= 4 is 29.3 Å². The summed E-state index contributed by atoms with van der Waals surface area (Å²) in [7, 11) is 0. The predicted octanol–water partition coefficient (Wildman–Crippen LogP) is 2.32. The van der Waals surface area contributed by atoms with Gasteiger partial charge in [-0.05, 0) is 25.0 Å². The molecule has 0 fully saturated rings. The average Bonchev–Trinajstić information content (AvgIpc) is 2.34. The summed E-state index contributed by atoms with van der Waals surface area (Å²) < 4.78 is 0. The number of hydrogen-bond donors (Lipinski definition) is 2. The van der Waals surface area contributed by atoms with Gasteiger partial charge in [0.25, 0.3) is 0 Å². The van der Waals surface area contributed by atoms with E-state index in [2.05, 4.69) is 5.32 Å². The lowest BCUT2D eigenvalue weighted by Gasteiger charge is -2.05.